The topological polar surface area (TPSA) is 124 Å². The van der Waals surface area contributed by atoms with Crippen molar-refractivity contribution in [2.24, 2.45) is 5.73 Å². The molecule has 1 aliphatic rings. The standard InChI is InChI=1S/C16H18N6O2S/c1-8-20-16(24-21-8)9-3-2-4-22(7-9)10-5-19-6-11-12(10)13(17)14(25-11)15(18)23/h5-6,9H,2-4,7,17H2,1H3,(H2,18,23). The van der Waals surface area contributed by atoms with Gasteiger partial charge in [0.15, 0.2) is 5.82 Å². The number of thiophene rings is 1. The molecule has 1 unspecified atom stereocenters. The fraction of sp³-hybridized carbons (Fsp3) is 0.375. The van der Waals surface area contributed by atoms with Gasteiger partial charge in [0.05, 0.1) is 28.2 Å². The first-order chi connectivity index (χ1) is 12.0. The van der Waals surface area contributed by atoms with Crippen LogP contribution in [0.2, 0.25) is 0 Å². The van der Waals surface area contributed by atoms with E-state index >= 15 is 0 Å². The van der Waals surface area contributed by atoms with Crippen LogP contribution in [0.25, 0.3) is 10.1 Å². The van der Waals surface area contributed by atoms with Crippen molar-refractivity contribution in [3.8, 4) is 0 Å². The Kier molecular flexibility index (Phi) is 3.79. The second kappa shape index (κ2) is 5.99. The van der Waals surface area contributed by atoms with E-state index in [0.717, 1.165) is 41.7 Å². The lowest BCUT2D eigenvalue weighted by molar-refractivity contribution is 0.100. The van der Waals surface area contributed by atoms with Crippen molar-refractivity contribution in [2.75, 3.05) is 23.7 Å². The summed E-state index contributed by atoms with van der Waals surface area (Å²) >= 11 is 1.28. The SMILES string of the molecule is Cc1noc(C2CCCN(c3cncc4sc(C(N)=O)c(N)c34)C2)n1. The summed E-state index contributed by atoms with van der Waals surface area (Å²) < 4.78 is 6.21. The number of hydrogen-bond donors (Lipinski definition) is 2. The first kappa shape index (κ1) is 15.8. The van der Waals surface area contributed by atoms with Gasteiger partial charge in [-0.1, -0.05) is 5.16 Å². The molecule has 0 spiro atoms. The number of aryl methyl sites for hydroxylation is 1. The van der Waals surface area contributed by atoms with E-state index in [1.165, 1.54) is 11.3 Å². The van der Waals surface area contributed by atoms with Crippen molar-refractivity contribution in [1.82, 2.24) is 15.1 Å². The third-order valence-electron chi connectivity index (χ3n) is 4.50. The van der Waals surface area contributed by atoms with Gasteiger partial charge in [-0.15, -0.1) is 11.3 Å². The fourth-order valence-electron chi connectivity index (χ4n) is 3.36. The van der Waals surface area contributed by atoms with E-state index in [1.54, 1.807) is 12.4 Å². The molecule has 0 radical (unpaired) electrons. The summed E-state index contributed by atoms with van der Waals surface area (Å²) in [5.74, 6) is 0.964. The third kappa shape index (κ3) is 2.70. The van der Waals surface area contributed by atoms with Crippen LogP contribution < -0.4 is 16.4 Å². The average Bonchev–Trinajstić information content (AvgIpc) is 3.19. The van der Waals surface area contributed by atoms with Gasteiger partial charge in [0.2, 0.25) is 5.89 Å². The molecule has 3 aromatic heterocycles. The number of aromatic nitrogens is 3. The van der Waals surface area contributed by atoms with Crippen molar-refractivity contribution >= 4 is 38.7 Å². The average molecular weight is 358 g/mol. The first-order valence-corrected chi connectivity index (χ1v) is 8.87. The number of nitrogen functional groups attached to an aromatic ring is 1. The van der Waals surface area contributed by atoms with Gasteiger partial charge in [-0.25, -0.2) is 0 Å². The van der Waals surface area contributed by atoms with Crippen molar-refractivity contribution < 1.29 is 9.32 Å². The highest BCUT2D eigenvalue weighted by atomic mass is 32.1. The fourth-order valence-corrected chi connectivity index (χ4v) is 4.32. The molecular weight excluding hydrogens is 340 g/mol. The van der Waals surface area contributed by atoms with Gasteiger partial charge < -0.3 is 20.9 Å². The van der Waals surface area contributed by atoms with Crippen LogP contribution >= 0.6 is 11.3 Å². The Bertz CT molecular complexity index is 949. The van der Waals surface area contributed by atoms with Gasteiger partial charge in [0, 0.05) is 24.7 Å². The van der Waals surface area contributed by atoms with Crippen molar-refractivity contribution in [1.29, 1.82) is 0 Å². The minimum absolute atomic E-state index is 0.167. The van der Waals surface area contributed by atoms with E-state index < -0.39 is 5.91 Å². The Hall–Kier alpha value is -2.68. The number of pyridine rings is 1. The molecule has 4 heterocycles. The van der Waals surface area contributed by atoms with Crippen LogP contribution in [0.4, 0.5) is 11.4 Å². The summed E-state index contributed by atoms with van der Waals surface area (Å²) in [4.78, 5) is 22.9. The largest absolute Gasteiger partial charge is 0.397 e. The van der Waals surface area contributed by atoms with Crippen LogP contribution in [0.1, 0.15) is 40.1 Å². The second-order valence-corrected chi connectivity index (χ2v) is 7.26. The van der Waals surface area contributed by atoms with Crippen molar-refractivity contribution in [3.63, 3.8) is 0 Å². The molecule has 1 amide bonds. The molecule has 1 aliphatic heterocycles. The minimum Gasteiger partial charge on any atom is -0.397 e. The maximum atomic E-state index is 11.6. The van der Waals surface area contributed by atoms with Crippen LogP contribution in [-0.2, 0) is 0 Å². The van der Waals surface area contributed by atoms with Gasteiger partial charge >= 0.3 is 0 Å². The number of nitrogens with zero attached hydrogens (tertiary/aromatic N) is 4. The van der Waals surface area contributed by atoms with Gasteiger partial charge in [-0.3, -0.25) is 9.78 Å². The Balaban J connectivity index is 1.72. The van der Waals surface area contributed by atoms with E-state index in [-0.39, 0.29) is 5.92 Å². The first-order valence-electron chi connectivity index (χ1n) is 8.05. The number of carbonyl (C=O) groups excluding carboxylic acids is 1. The maximum absolute atomic E-state index is 11.6. The Morgan fingerprint density at radius 2 is 2.28 bits per heavy atom. The molecule has 0 aromatic carbocycles. The molecule has 1 atom stereocenters. The molecule has 25 heavy (non-hydrogen) atoms. The summed E-state index contributed by atoms with van der Waals surface area (Å²) in [6, 6.07) is 0. The van der Waals surface area contributed by atoms with E-state index in [1.807, 2.05) is 6.92 Å². The van der Waals surface area contributed by atoms with Gasteiger partial charge in [0.1, 0.15) is 4.88 Å². The van der Waals surface area contributed by atoms with Gasteiger partial charge in [-0.2, -0.15) is 4.98 Å². The molecule has 0 bridgehead atoms. The Labute approximate surface area is 147 Å². The highest BCUT2D eigenvalue weighted by Crippen LogP contribution is 2.40. The van der Waals surface area contributed by atoms with Crippen molar-refractivity contribution in [3.05, 3.63) is 29.0 Å². The molecule has 4 N–H and O–H groups in total. The number of anilines is 2. The molecule has 8 nitrogen and oxygen atoms in total. The Morgan fingerprint density at radius 1 is 1.44 bits per heavy atom. The number of nitrogens with two attached hydrogens (primary N) is 2. The summed E-state index contributed by atoms with van der Waals surface area (Å²) in [7, 11) is 0. The molecule has 1 fully saturated rings. The lowest BCUT2D eigenvalue weighted by Gasteiger charge is -2.33. The molecule has 4 rings (SSSR count). The molecule has 0 aliphatic carbocycles. The monoisotopic (exact) mass is 358 g/mol. The number of carbonyl (C=O) groups is 1. The molecule has 1 saturated heterocycles. The maximum Gasteiger partial charge on any atom is 0.260 e. The predicted octanol–water partition coefficient (Wildman–Crippen LogP) is 2.05. The quantitative estimate of drug-likeness (QED) is 0.734. The van der Waals surface area contributed by atoms with E-state index in [0.29, 0.717) is 22.3 Å². The number of primary amides is 1. The van der Waals surface area contributed by atoms with Crippen molar-refractivity contribution in [2.45, 2.75) is 25.7 Å². The summed E-state index contributed by atoms with van der Waals surface area (Å²) in [6.07, 6.45) is 5.50. The number of piperidine rings is 1. The normalized spacial score (nSPS) is 18.0. The number of hydrogen-bond acceptors (Lipinski definition) is 8. The molecule has 9 heteroatoms. The van der Waals surface area contributed by atoms with E-state index in [9.17, 15) is 4.79 Å². The smallest absolute Gasteiger partial charge is 0.260 e. The zero-order valence-electron chi connectivity index (χ0n) is 13.7. The van der Waals surface area contributed by atoms with Crippen LogP contribution in [0, 0.1) is 6.92 Å². The number of fused-ring (bicyclic) bond motifs is 1. The predicted molar refractivity (Wildman–Crippen MR) is 95.8 cm³/mol. The van der Waals surface area contributed by atoms with Crippen LogP contribution in [0.5, 0.6) is 0 Å². The van der Waals surface area contributed by atoms with Gasteiger partial charge in [-0.05, 0) is 19.8 Å². The number of rotatable bonds is 3. The number of amides is 1. The minimum atomic E-state index is -0.512. The highest BCUT2D eigenvalue weighted by Gasteiger charge is 2.28. The molecular formula is C16H18N6O2S. The summed E-state index contributed by atoms with van der Waals surface area (Å²) in [5.41, 5.74) is 13.0. The lowest BCUT2D eigenvalue weighted by Crippen LogP contribution is -2.34. The Morgan fingerprint density at radius 3 is 3.00 bits per heavy atom. The third-order valence-corrected chi connectivity index (χ3v) is 5.65. The lowest BCUT2D eigenvalue weighted by atomic mass is 9.97. The zero-order chi connectivity index (χ0) is 17.6. The zero-order valence-corrected chi connectivity index (χ0v) is 14.5. The van der Waals surface area contributed by atoms with E-state index in [2.05, 4.69) is 20.0 Å². The molecule has 0 saturated carbocycles. The van der Waals surface area contributed by atoms with Crippen LogP contribution in [-0.4, -0.2) is 34.1 Å². The highest BCUT2D eigenvalue weighted by molar-refractivity contribution is 7.21. The summed E-state index contributed by atoms with van der Waals surface area (Å²) in [6.45, 7) is 3.44. The molecule has 130 valence electrons. The van der Waals surface area contributed by atoms with Gasteiger partial charge in [0.25, 0.3) is 5.91 Å². The van der Waals surface area contributed by atoms with Crippen LogP contribution in [0.3, 0.4) is 0 Å². The molecule has 3 aromatic rings. The van der Waals surface area contributed by atoms with Crippen LogP contribution in [0.15, 0.2) is 16.9 Å². The summed E-state index contributed by atoms with van der Waals surface area (Å²) in [5, 5.41) is 4.73. The van der Waals surface area contributed by atoms with E-state index in [4.69, 9.17) is 16.0 Å². The second-order valence-electron chi connectivity index (χ2n) is 6.21.